The van der Waals surface area contributed by atoms with Gasteiger partial charge in [-0.2, -0.15) is 10.1 Å². The number of nitrogens with one attached hydrogen (secondary N) is 2. The predicted molar refractivity (Wildman–Crippen MR) is 121 cm³/mol. The molecular formula is C23H33N7O. The molecule has 1 unspecified atom stereocenters. The maximum Gasteiger partial charge on any atom is 0.245 e. The standard InChI is InChI=1S/C23H33N7O/c1-15(2)18-14-20(28-27-18)25-21-16-8-6-9-17(16)24-23(26-21)30-13-7-10-19(30)22(31)29-11-4-3-5-12-29/h14-15,19H,3-13H2,1-2H3,(H2,24,25,26,27,28). The summed E-state index contributed by atoms with van der Waals surface area (Å²) in [6.07, 6.45) is 8.39. The van der Waals surface area contributed by atoms with Gasteiger partial charge < -0.3 is 15.1 Å². The van der Waals surface area contributed by atoms with Gasteiger partial charge in [-0.05, 0) is 57.3 Å². The second kappa shape index (κ2) is 8.48. The van der Waals surface area contributed by atoms with Crippen LogP contribution in [0.4, 0.5) is 17.6 Å². The lowest BCUT2D eigenvalue weighted by Crippen LogP contribution is -2.48. The molecule has 4 heterocycles. The first-order chi connectivity index (χ1) is 15.1. The van der Waals surface area contributed by atoms with Crippen molar-refractivity contribution in [3.8, 4) is 0 Å². The quantitative estimate of drug-likeness (QED) is 0.765. The third-order valence-corrected chi connectivity index (χ3v) is 6.85. The Morgan fingerprint density at radius 2 is 1.94 bits per heavy atom. The molecule has 2 aromatic rings. The summed E-state index contributed by atoms with van der Waals surface area (Å²) in [4.78, 5) is 27.3. The van der Waals surface area contributed by atoms with Gasteiger partial charge in [-0.15, -0.1) is 0 Å². The third kappa shape index (κ3) is 4.00. The number of fused-ring (bicyclic) bond motifs is 1. The van der Waals surface area contributed by atoms with Crippen molar-refractivity contribution in [2.24, 2.45) is 0 Å². The number of anilines is 3. The van der Waals surface area contributed by atoms with Crippen molar-refractivity contribution in [1.82, 2.24) is 25.1 Å². The Morgan fingerprint density at radius 1 is 1.10 bits per heavy atom. The van der Waals surface area contributed by atoms with E-state index in [-0.39, 0.29) is 11.9 Å². The number of piperidine rings is 1. The Balaban J connectivity index is 1.42. The number of aryl methyl sites for hydroxylation is 1. The smallest absolute Gasteiger partial charge is 0.245 e. The van der Waals surface area contributed by atoms with Crippen molar-refractivity contribution in [2.75, 3.05) is 29.9 Å². The zero-order valence-electron chi connectivity index (χ0n) is 18.7. The fraction of sp³-hybridized carbons (Fsp3) is 0.652. The second-order valence-electron chi connectivity index (χ2n) is 9.38. The minimum absolute atomic E-state index is 0.136. The summed E-state index contributed by atoms with van der Waals surface area (Å²) < 4.78 is 0. The van der Waals surface area contributed by atoms with Gasteiger partial charge in [0.2, 0.25) is 11.9 Å². The summed E-state index contributed by atoms with van der Waals surface area (Å²) in [5.41, 5.74) is 3.40. The number of carbonyl (C=O) groups is 1. The second-order valence-corrected chi connectivity index (χ2v) is 9.38. The maximum absolute atomic E-state index is 13.3. The van der Waals surface area contributed by atoms with E-state index in [2.05, 4.69) is 39.2 Å². The van der Waals surface area contributed by atoms with E-state index >= 15 is 0 Å². The molecule has 0 bridgehead atoms. The number of aromatic nitrogens is 4. The van der Waals surface area contributed by atoms with E-state index in [4.69, 9.17) is 9.97 Å². The van der Waals surface area contributed by atoms with Crippen LogP contribution < -0.4 is 10.2 Å². The van der Waals surface area contributed by atoms with E-state index in [1.807, 2.05) is 6.07 Å². The molecule has 5 rings (SSSR count). The van der Waals surface area contributed by atoms with Crippen LogP contribution in [0, 0.1) is 0 Å². The summed E-state index contributed by atoms with van der Waals surface area (Å²) in [5.74, 6) is 2.96. The first-order valence-corrected chi connectivity index (χ1v) is 11.9. The van der Waals surface area contributed by atoms with Crippen LogP contribution in [0.15, 0.2) is 6.07 Å². The van der Waals surface area contributed by atoms with Gasteiger partial charge in [0.15, 0.2) is 5.82 Å². The molecule has 0 saturated carbocycles. The Hall–Kier alpha value is -2.64. The molecule has 1 atom stereocenters. The van der Waals surface area contributed by atoms with Crippen molar-refractivity contribution >= 4 is 23.5 Å². The molecule has 31 heavy (non-hydrogen) atoms. The Bertz CT molecular complexity index is 947. The molecule has 0 radical (unpaired) electrons. The van der Waals surface area contributed by atoms with Crippen LogP contribution >= 0.6 is 0 Å². The van der Waals surface area contributed by atoms with Crippen LogP contribution in [0.25, 0.3) is 0 Å². The highest BCUT2D eigenvalue weighted by Gasteiger charge is 2.36. The lowest BCUT2D eigenvalue weighted by molar-refractivity contribution is -0.133. The lowest BCUT2D eigenvalue weighted by atomic mass is 10.1. The van der Waals surface area contributed by atoms with E-state index in [1.54, 1.807) is 0 Å². The summed E-state index contributed by atoms with van der Waals surface area (Å²) in [6.45, 7) is 6.90. The minimum atomic E-state index is -0.136. The van der Waals surface area contributed by atoms with Gasteiger partial charge in [-0.3, -0.25) is 9.89 Å². The Kier molecular flexibility index (Phi) is 5.54. The molecular weight excluding hydrogens is 390 g/mol. The number of nitrogens with zero attached hydrogens (tertiary/aromatic N) is 5. The van der Waals surface area contributed by atoms with Crippen LogP contribution in [0.1, 0.15) is 75.2 Å². The van der Waals surface area contributed by atoms with Crippen LogP contribution in [0.2, 0.25) is 0 Å². The van der Waals surface area contributed by atoms with E-state index < -0.39 is 0 Å². The number of amides is 1. The molecule has 2 saturated heterocycles. The molecule has 166 valence electrons. The first kappa shape index (κ1) is 20.3. The van der Waals surface area contributed by atoms with Crippen LogP contribution in [0.5, 0.6) is 0 Å². The zero-order valence-corrected chi connectivity index (χ0v) is 18.7. The number of hydrogen-bond acceptors (Lipinski definition) is 6. The average Bonchev–Trinajstić information content (AvgIpc) is 3.53. The van der Waals surface area contributed by atoms with Crippen molar-refractivity contribution in [2.45, 2.75) is 77.2 Å². The van der Waals surface area contributed by atoms with Crippen molar-refractivity contribution in [1.29, 1.82) is 0 Å². The zero-order chi connectivity index (χ0) is 21.4. The Morgan fingerprint density at radius 3 is 2.71 bits per heavy atom. The number of carbonyl (C=O) groups excluding carboxylic acids is 1. The topological polar surface area (TPSA) is 90.0 Å². The van der Waals surface area contributed by atoms with Gasteiger partial charge in [0, 0.05) is 37.0 Å². The Labute approximate surface area is 183 Å². The van der Waals surface area contributed by atoms with Crippen molar-refractivity contribution < 1.29 is 4.79 Å². The van der Waals surface area contributed by atoms with E-state index in [9.17, 15) is 4.79 Å². The van der Waals surface area contributed by atoms with E-state index in [0.29, 0.717) is 11.9 Å². The van der Waals surface area contributed by atoms with Gasteiger partial charge in [0.1, 0.15) is 11.9 Å². The van der Waals surface area contributed by atoms with E-state index in [0.717, 1.165) is 87.6 Å². The van der Waals surface area contributed by atoms with Crippen molar-refractivity contribution in [3.05, 3.63) is 23.0 Å². The third-order valence-electron chi connectivity index (χ3n) is 6.85. The van der Waals surface area contributed by atoms with Gasteiger partial charge in [-0.25, -0.2) is 4.98 Å². The van der Waals surface area contributed by atoms with Gasteiger partial charge in [-0.1, -0.05) is 13.8 Å². The highest BCUT2D eigenvalue weighted by Crippen LogP contribution is 2.33. The lowest BCUT2D eigenvalue weighted by Gasteiger charge is -2.32. The molecule has 2 aliphatic heterocycles. The highest BCUT2D eigenvalue weighted by molar-refractivity contribution is 5.85. The summed E-state index contributed by atoms with van der Waals surface area (Å²) in [6, 6.07) is 1.91. The molecule has 0 spiro atoms. The number of rotatable bonds is 5. The number of aromatic amines is 1. The predicted octanol–water partition coefficient (Wildman–Crippen LogP) is 3.54. The summed E-state index contributed by atoms with van der Waals surface area (Å²) in [5, 5.41) is 11.0. The first-order valence-electron chi connectivity index (χ1n) is 11.9. The van der Waals surface area contributed by atoms with Gasteiger partial charge in [0.25, 0.3) is 0 Å². The maximum atomic E-state index is 13.3. The molecule has 2 aromatic heterocycles. The average molecular weight is 424 g/mol. The number of likely N-dealkylation sites (tertiary alicyclic amines) is 1. The molecule has 2 fully saturated rings. The monoisotopic (exact) mass is 423 g/mol. The highest BCUT2D eigenvalue weighted by atomic mass is 16.2. The minimum Gasteiger partial charge on any atom is -0.341 e. The molecule has 8 heteroatoms. The largest absolute Gasteiger partial charge is 0.341 e. The van der Waals surface area contributed by atoms with Crippen LogP contribution in [-0.2, 0) is 17.6 Å². The van der Waals surface area contributed by atoms with Crippen LogP contribution in [0.3, 0.4) is 0 Å². The molecule has 1 amide bonds. The SMILES string of the molecule is CC(C)c1cc(Nc2nc(N3CCCC3C(=O)N3CCCCC3)nc3c2CCC3)n[nH]1. The molecule has 2 N–H and O–H groups in total. The van der Waals surface area contributed by atoms with Crippen LogP contribution in [-0.4, -0.2) is 56.6 Å². The van der Waals surface area contributed by atoms with Gasteiger partial charge >= 0.3 is 0 Å². The molecule has 3 aliphatic rings. The normalized spacial score (nSPS) is 21.1. The fourth-order valence-electron chi connectivity index (χ4n) is 5.06. The fourth-order valence-corrected chi connectivity index (χ4v) is 5.06. The van der Waals surface area contributed by atoms with Gasteiger partial charge in [0.05, 0.1) is 5.69 Å². The van der Waals surface area contributed by atoms with E-state index in [1.165, 1.54) is 12.0 Å². The number of hydrogen-bond donors (Lipinski definition) is 2. The molecule has 8 nitrogen and oxygen atoms in total. The summed E-state index contributed by atoms with van der Waals surface area (Å²) >= 11 is 0. The molecule has 0 aromatic carbocycles. The van der Waals surface area contributed by atoms with Crippen molar-refractivity contribution in [3.63, 3.8) is 0 Å². The molecule has 1 aliphatic carbocycles. The summed E-state index contributed by atoms with van der Waals surface area (Å²) in [7, 11) is 0. The number of H-pyrrole nitrogens is 1.